The Balaban J connectivity index is 1.88. The SMILES string of the molecule is CN(Cc1ccccc1CCNC1CC1)CC(C)(C)C. The molecule has 0 atom stereocenters. The van der Waals surface area contributed by atoms with Gasteiger partial charge in [0.1, 0.15) is 0 Å². The molecule has 1 aliphatic rings. The van der Waals surface area contributed by atoms with Gasteiger partial charge in [0.05, 0.1) is 0 Å². The van der Waals surface area contributed by atoms with Gasteiger partial charge < -0.3 is 10.2 Å². The summed E-state index contributed by atoms with van der Waals surface area (Å²) in [6.45, 7) is 10.2. The Morgan fingerprint density at radius 3 is 2.40 bits per heavy atom. The van der Waals surface area contributed by atoms with Crippen molar-refractivity contribution in [2.45, 2.75) is 52.6 Å². The minimum absolute atomic E-state index is 0.358. The largest absolute Gasteiger partial charge is 0.314 e. The van der Waals surface area contributed by atoms with E-state index in [0.29, 0.717) is 5.41 Å². The molecule has 2 nitrogen and oxygen atoms in total. The molecule has 0 spiro atoms. The maximum absolute atomic E-state index is 3.61. The second-order valence-corrected chi connectivity index (χ2v) is 7.48. The van der Waals surface area contributed by atoms with Crippen LogP contribution in [0.2, 0.25) is 0 Å². The summed E-state index contributed by atoms with van der Waals surface area (Å²) in [4.78, 5) is 2.44. The summed E-state index contributed by atoms with van der Waals surface area (Å²) in [6, 6.07) is 9.71. The lowest BCUT2D eigenvalue weighted by Gasteiger charge is -2.27. The Morgan fingerprint density at radius 1 is 1.15 bits per heavy atom. The molecule has 1 aliphatic carbocycles. The predicted octanol–water partition coefficient (Wildman–Crippen LogP) is 3.46. The van der Waals surface area contributed by atoms with Crippen LogP contribution in [0.5, 0.6) is 0 Å². The van der Waals surface area contributed by atoms with Crippen LogP contribution in [-0.4, -0.2) is 31.1 Å². The molecule has 1 aromatic carbocycles. The number of rotatable bonds is 7. The van der Waals surface area contributed by atoms with E-state index in [9.17, 15) is 0 Å². The Morgan fingerprint density at radius 2 is 1.80 bits per heavy atom. The minimum atomic E-state index is 0.358. The third-order valence-corrected chi connectivity index (χ3v) is 3.71. The first-order valence-corrected chi connectivity index (χ1v) is 7.93. The Hall–Kier alpha value is -0.860. The van der Waals surface area contributed by atoms with Crippen molar-refractivity contribution >= 4 is 0 Å². The summed E-state index contributed by atoms with van der Waals surface area (Å²) < 4.78 is 0. The van der Waals surface area contributed by atoms with E-state index >= 15 is 0 Å². The van der Waals surface area contributed by atoms with Crippen LogP contribution in [0.4, 0.5) is 0 Å². The molecule has 0 saturated heterocycles. The first kappa shape index (κ1) is 15.5. The average Bonchev–Trinajstić information content (AvgIpc) is 3.13. The van der Waals surface area contributed by atoms with Gasteiger partial charge in [-0.05, 0) is 49.4 Å². The zero-order valence-electron chi connectivity index (χ0n) is 13.6. The molecule has 0 heterocycles. The van der Waals surface area contributed by atoms with Crippen LogP contribution in [-0.2, 0) is 13.0 Å². The summed E-state index contributed by atoms with van der Waals surface area (Å²) in [5.74, 6) is 0. The minimum Gasteiger partial charge on any atom is -0.314 e. The highest BCUT2D eigenvalue weighted by molar-refractivity contribution is 5.27. The van der Waals surface area contributed by atoms with E-state index in [1.54, 1.807) is 0 Å². The van der Waals surface area contributed by atoms with Crippen LogP contribution in [0.3, 0.4) is 0 Å². The Bertz CT molecular complexity index is 416. The zero-order valence-corrected chi connectivity index (χ0v) is 13.6. The number of hydrogen-bond acceptors (Lipinski definition) is 2. The van der Waals surface area contributed by atoms with Gasteiger partial charge in [-0.15, -0.1) is 0 Å². The highest BCUT2D eigenvalue weighted by atomic mass is 15.1. The van der Waals surface area contributed by atoms with E-state index in [1.165, 1.54) is 24.0 Å². The van der Waals surface area contributed by atoms with Crippen molar-refractivity contribution in [3.8, 4) is 0 Å². The fourth-order valence-electron chi connectivity index (χ4n) is 2.81. The molecule has 20 heavy (non-hydrogen) atoms. The molecule has 1 aromatic rings. The van der Waals surface area contributed by atoms with Gasteiger partial charge in [-0.25, -0.2) is 0 Å². The lowest BCUT2D eigenvalue weighted by Crippen LogP contribution is -2.29. The van der Waals surface area contributed by atoms with Gasteiger partial charge in [0.15, 0.2) is 0 Å². The molecule has 1 N–H and O–H groups in total. The maximum atomic E-state index is 3.61. The van der Waals surface area contributed by atoms with Crippen LogP contribution in [0.15, 0.2) is 24.3 Å². The molecule has 1 saturated carbocycles. The number of nitrogens with one attached hydrogen (secondary N) is 1. The monoisotopic (exact) mass is 274 g/mol. The third-order valence-electron chi connectivity index (χ3n) is 3.71. The summed E-state index contributed by atoms with van der Waals surface area (Å²) in [6.07, 6.45) is 3.89. The van der Waals surface area contributed by atoms with Crippen molar-refractivity contribution in [3.63, 3.8) is 0 Å². The zero-order chi connectivity index (χ0) is 14.6. The van der Waals surface area contributed by atoms with Crippen molar-refractivity contribution in [3.05, 3.63) is 35.4 Å². The van der Waals surface area contributed by atoms with Gasteiger partial charge in [-0.2, -0.15) is 0 Å². The van der Waals surface area contributed by atoms with Crippen molar-refractivity contribution in [1.82, 2.24) is 10.2 Å². The van der Waals surface area contributed by atoms with Gasteiger partial charge in [0, 0.05) is 19.1 Å². The van der Waals surface area contributed by atoms with Crippen molar-refractivity contribution in [2.24, 2.45) is 5.41 Å². The molecule has 0 radical (unpaired) electrons. The third kappa shape index (κ3) is 5.64. The summed E-state index contributed by atoms with van der Waals surface area (Å²) in [5, 5.41) is 3.61. The number of hydrogen-bond donors (Lipinski definition) is 1. The van der Waals surface area contributed by atoms with Crippen molar-refractivity contribution < 1.29 is 0 Å². The van der Waals surface area contributed by atoms with Crippen LogP contribution < -0.4 is 5.32 Å². The first-order chi connectivity index (χ1) is 9.44. The van der Waals surface area contributed by atoms with Crippen molar-refractivity contribution in [1.29, 1.82) is 0 Å². The van der Waals surface area contributed by atoms with Crippen LogP contribution >= 0.6 is 0 Å². The highest BCUT2D eigenvalue weighted by Crippen LogP contribution is 2.20. The number of nitrogens with zero attached hydrogens (tertiary/aromatic N) is 1. The topological polar surface area (TPSA) is 15.3 Å². The van der Waals surface area contributed by atoms with E-state index in [1.807, 2.05) is 0 Å². The van der Waals surface area contributed by atoms with E-state index < -0.39 is 0 Å². The van der Waals surface area contributed by atoms with Gasteiger partial charge in [0.2, 0.25) is 0 Å². The fourth-order valence-corrected chi connectivity index (χ4v) is 2.81. The second kappa shape index (κ2) is 6.73. The van der Waals surface area contributed by atoms with Crippen molar-refractivity contribution in [2.75, 3.05) is 20.1 Å². The van der Waals surface area contributed by atoms with Crippen LogP contribution in [0.25, 0.3) is 0 Å². The molecule has 1 fully saturated rings. The van der Waals surface area contributed by atoms with Gasteiger partial charge in [-0.3, -0.25) is 0 Å². The maximum Gasteiger partial charge on any atom is 0.0233 e. The molecule has 2 heteroatoms. The molecule has 112 valence electrons. The standard InChI is InChI=1S/C18H30N2/c1-18(2,3)14-20(4)13-16-8-6-5-7-15(16)11-12-19-17-9-10-17/h5-8,17,19H,9-14H2,1-4H3. The smallest absolute Gasteiger partial charge is 0.0233 e. The van der Waals surface area contributed by atoms with E-state index in [2.05, 4.69) is 62.3 Å². The molecular weight excluding hydrogens is 244 g/mol. The normalized spacial score (nSPS) is 15.8. The first-order valence-electron chi connectivity index (χ1n) is 7.93. The molecular formula is C18H30N2. The van der Waals surface area contributed by atoms with Crippen LogP contribution in [0.1, 0.15) is 44.7 Å². The number of benzene rings is 1. The molecule has 0 bridgehead atoms. The highest BCUT2D eigenvalue weighted by Gasteiger charge is 2.20. The van der Waals surface area contributed by atoms with E-state index in [4.69, 9.17) is 0 Å². The summed E-state index contributed by atoms with van der Waals surface area (Å²) in [7, 11) is 2.23. The molecule has 0 amide bonds. The molecule has 2 rings (SSSR count). The van der Waals surface area contributed by atoms with E-state index in [0.717, 1.165) is 32.1 Å². The summed E-state index contributed by atoms with van der Waals surface area (Å²) in [5.41, 5.74) is 3.34. The van der Waals surface area contributed by atoms with Gasteiger partial charge in [-0.1, -0.05) is 45.0 Å². The lowest BCUT2D eigenvalue weighted by atomic mass is 9.95. The predicted molar refractivity (Wildman–Crippen MR) is 87.0 cm³/mol. The molecule has 0 aliphatic heterocycles. The molecule has 0 unspecified atom stereocenters. The fraction of sp³-hybridized carbons (Fsp3) is 0.667. The lowest BCUT2D eigenvalue weighted by molar-refractivity contribution is 0.220. The second-order valence-electron chi connectivity index (χ2n) is 7.48. The van der Waals surface area contributed by atoms with E-state index in [-0.39, 0.29) is 0 Å². The average molecular weight is 274 g/mol. The van der Waals surface area contributed by atoms with Gasteiger partial charge in [0.25, 0.3) is 0 Å². The van der Waals surface area contributed by atoms with Crippen LogP contribution in [0, 0.1) is 5.41 Å². The molecule has 0 aromatic heterocycles. The Labute approximate surface area is 124 Å². The quantitative estimate of drug-likeness (QED) is 0.819. The van der Waals surface area contributed by atoms with Gasteiger partial charge >= 0.3 is 0 Å². The summed E-state index contributed by atoms with van der Waals surface area (Å²) >= 11 is 0. The Kier molecular flexibility index (Phi) is 5.22.